The lowest BCUT2D eigenvalue weighted by molar-refractivity contribution is -0.0541. The first-order valence-corrected chi connectivity index (χ1v) is 7.10. The minimum atomic E-state index is -0.0956. The highest BCUT2D eigenvalue weighted by atomic mass is 16.5. The number of methoxy groups -OCH3 is 1. The molecule has 2 amide bonds. The molecule has 0 saturated carbocycles. The number of nitrogens with one attached hydrogen (secondary N) is 1. The van der Waals surface area contributed by atoms with Gasteiger partial charge in [-0.2, -0.15) is 0 Å². The SMILES string of the molecule is COc1ccc(/C=C/NC(=O)N2CC(C)OC(C)C2)cc1. The zero-order valence-electron chi connectivity index (χ0n) is 12.7. The molecule has 1 N–H and O–H groups in total. The number of ether oxygens (including phenoxy) is 2. The summed E-state index contributed by atoms with van der Waals surface area (Å²) in [6.07, 6.45) is 3.66. The maximum absolute atomic E-state index is 12.1. The summed E-state index contributed by atoms with van der Waals surface area (Å²) in [6, 6.07) is 7.53. The molecule has 5 heteroatoms. The summed E-state index contributed by atoms with van der Waals surface area (Å²) in [5, 5.41) is 2.79. The molecule has 2 atom stereocenters. The van der Waals surface area contributed by atoms with Gasteiger partial charge >= 0.3 is 6.03 Å². The molecule has 2 rings (SSSR count). The topological polar surface area (TPSA) is 50.8 Å². The lowest BCUT2D eigenvalue weighted by atomic mass is 10.2. The van der Waals surface area contributed by atoms with Crippen LogP contribution in [0.5, 0.6) is 5.75 Å². The summed E-state index contributed by atoms with van der Waals surface area (Å²) >= 11 is 0. The molecule has 1 aliphatic heterocycles. The van der Waals surface area contributed by atoms with Crippen LogP contribution in [0.3, 0.4) is 0 Å². The molecular formula is C16H22N2O3. The maximum Gasteiger partial charge on any atom is 0.321 e. The van der Waals surface area contributed by atoms with Crippen LogP contribution in [0.25, 0.3) is 6.08 Å². The first-order valence-electron chi connectivity index (χ1n) is 7.10. The van der Waals surface area contributed by atoms with E-state index < -0.39 is 0 Å². The van der Waals surface area contributed by atoms with Crippen LogP contribution in [0, 0.1) is 0 Å². The molecule has 21 heavy (non-hydrogen) atoms. The Morgan fingerprint density at radius 3 is 2.48 bits per heavy atom. The van der Waals surface area contributed by atoms with Gasteiger partial charge in [0.05, 0.1) is 19.3 Å². The largest absolute Gasteiger partial charge is 0.497 e. The number of carbonyl (C=O) groups is 1. The second-order valence-corrected chi connectivity index (χ2v) is 5.22. The molecule has 1 saturated heterocycles. The molecular weight excluding hydrogens is 268 g/mol. The summed E-state index contributed by atoms with van der Waals surface area (Å²) in [4.78, 5) is 13.8. The Kier molecular flexibility index (Phi) is 5.22. The van der Waals surface area contributed by atoms with Crippen molar-refractivity contribution >= 4 is 12.1 Å². The van der Waals surface area contributed by atoms with Crippen molar-refractivity contribution < 1.29 is 14.3 Å². The molecule has 1 aromatic carbocycles. The van der Waals surface area contributed by atoms with E-state index in [0.717, 1.165) is 11.3 Å². The Balaban J connectivity index is 1.86. The van der Waals surface area contributed by atoms with Gasteiger partial charge in [-0.25, -0.2) is 4.79 Å². The van der Waals surface area contributed by atoms with Gasteiger partial charge in [-0.3, -0.25) is 0 Å². The Bertz CT molecular complexity index is 489. The normalized spacial score (nSPS) is 22.3. The van der Waals surface area contributed by atoms with E-state index in [0.29, 0.717) is 13.1 Å². The van der Waals surface area contributed by atoms with Crippen LogP contribution in [0.1, 0.15) is 19.4 Å². The molecule has 1 aliphatic rings. The monoisotopic (exact) mass is 290 g/mol. The van der Waals surface area contributed by atoms with E-state index >= 15 is 0 Å². The molecule has 114 valence electrons. The maximum atomic E-state index is 12.1. The van der Waals surface area contributed by atoms with Gasteiger partial charge in [0.25, 0.3) is 0 Å². The van der Waals surface area contributed by atoms with E-state index in [1.807, 2.05) is 44.2 Å². The van der Waals surface area contributed by atoms with Crippen molar-refractivity contribution in [1.29, 1.82) is 0 Å². The number of carbonyl (C=O) groups excluding carboxylic acids is 1. The first-order chi connectivity index (χ1) is 10.1. The fourth-order valence-electron chi connectivity index (χ4n) is 2.36. The summed E-state index contributed by atoms with van der Waals surface area (Å²) in [6.45, 7) is 5.19. The molecule has 1 fully saturated rings. The molecule has 0 bridgehead atoms. The molecule has 0 spiro atoms. The highest BCUT2D eigenvalue weighted by Gasteiger charge is 2.25. The summed E-state index contributed by atoms with van der Waals surface area (Å²) in [5.74, 6) is 0.812. The second kappa shape index (κ2) is 7.13. The number of hydrogen-bond acceptors (Lipinski definition) is 3. The lowest BCUT2D eigenvalue weighted by Crippen LogP contribution is -2.50. The number of hydrogen-bond donors (Lipinski definition) is 1. The molecule has 0 radical (unpaired) electrons. The molecule has 1 heterocycles. The Labute approximate surface area is 125 Å². The van der Waals surface area contributed by atoms with Crippen LogP contribution in [-0.2, 0) is 4.74 Å². The zero-order valence-corrected chi connectivity index (χ0v) is 12.7. The van der Waals surface area contributed by atoms with Crippen molar-refractivity contribution in [2.75, 3.05) is 20.2 Å². The average Bonchev–Trinajstić information content (AvgIpc) is 2.47. The summed E-state index contributed by atoms with van der Waals surface area (Å²) < 4.78 is 10.7. The van der Waals surface area contributed by atoms with Crippen LogP contribution in [0.4, 0.5) is 4.79 Å². The van der Waals surface area contributed by atoms with E-state index in [2.05, 4.69) is 5.32 Å². The van der Waals surface area contributed by atoms with Crippen molar-refractivity contribution in [3.8, 4) is 5.75 Å². The van der Waals surface area contributed by atoms with E-state index in [1.54, 1.807) is 18.2 Å². The van der Waals surface area contributed by atoms with Crippen molar-refractivity contribution in [3.63, 3.8) is 0 Å². The zero-order chi connectivity index (χ0) is 15.2. The van der Waals surface area contributed by atoms with E-state index in [-0.39, 0.29) is 18.2 Å². The summed E-state index contributed by atoms with van der Waals surface area (Å²) in [7, 11) is 1.63. The number of urea groups is 1. The fourth-order valence-corrected chi connectivity index (χ4v) is 2.36. The quantitative estimate of drug-likeness (QED) is 0.930. The molecule has 5 nitrogen and oxygen atoms in total. The predicted octanol–water partition coefficient (Wildman–Crippen LogP) is 2.48. The van der Waals surface area contributed by atoms with Crippen molar-refractivity contribution in [1.82, 2.24) is 10.2 Å². The Morgan fingerprint density at radius 1 is 1.29 bits per heavy atom. The second-order valence-electron chi connectivity index (χ2n) is 5.22. The van der Waals surface area contributed by atoms with Gasteiger partial charge in [-0.15, -0.1) is 0 Å². The molecule has 0 aliphatic carbocycles. The van der Waals surface area contributed by atoms with Crippen molar-refractivity contribution in [2.45, 2.75) is 26.1 Å². The Hall–Kier alpha value is -2.01. The van der Waals surface area contributed by atoms with Gasteiger partial charge < -0.3 is 19.7 Å². The van der Waals surface area contributed by atoms with Gasteiger partial charge in [-0.05, 0) is 37.6 Å². The van der Waals surface area contributed by atoms with Gasteiger partial charge in [0.15, 0.2) is 0 Å². The van der Waals surface area contributed by atoms with Gasteiger partial charge in [0.2, 0.25) is 0 Å². The van der Waals surface area contributed by atoms with Gasteiger partial charge in [-0.1, -0.05) is 12.1 Å². The van der Waals surface area contributed by atoms with E-state index in [9.17, 15) is 4.79 Å². The van der Waals surface area contributed by atoms with Crippen LogP contribution in [0.2, 0.25) is 0 Å². The first kappa shape index (κ1) is 15.4. The molecule has 0 aromatic heterocycles. The third-order valence-corrected chi connectivity index (χ3v) is 3.31. The van der Waals surface area contributed by atoms with Crippen LogP contribution >= 0.6 is 0 Å². The standard InChI is InChI=1S/C16H22N2O3/c1-12-10-18(11-13(2)21-12)16(19)17-9-8-14-4-6-15(20-3)7-5-14/h4-9,12-13H,10-11H2,1-3H3,(H,17,19)/b9-8+. The smallest absolute Gasteiger partial charge is 0.321 e. The van der Waals surface area contributed by atoms with Crippen LogP contribution in [0.15, 0.2) is 30.5 Å². The van der Waals surface area contributed by atoms with Crippen molar-refractivity contribution in [3.05, 3.63) is 36.0 Å². The summed E-state index contributed by atoms with van der Waals surface area (Å²) in [5.41, 5.74) is 1.000. The Morgan fingerprint density at radius 2 is 1.90 bits per heavy atom. The van der Waals surface area contributed by atoms with Crippen LogP contribution < -0.4 is 10.1 Å². The van der Waals surface area contributed by atoms with E-state index in [1.165, 1.54) is 0 Å². The minimum Gasteiger partial charge on any atom is -0.497 e. The third-order valence-electron chi connectivity index (χ3n) is 3.31. The van der Waals surface area contributed by atoms with Gasteiger partial charge in [0, 0.05) is 19.3 Å². The van der Waals surface area contributed by atoms with Gasteiger partial charge in [0.1, 0.15) is 5.75 Å². The third kappa shape index (κ3) is 4.49. The highest BCUT2D eigenvalue weighted by molar-refractivity contribution is 5.76. The number of rotatable bonds is 3. The number of benzene rings is 1. The number of nitrogens with zero attached hydrogens (tertiary/aromatic N) is 1. The average molecular weight is 290 g/mol. The minimum absolute atomic E-state index is 0.0741. The number of morpholine rings is 1. The molecule has 1 aromatic rings. The van der Waals surface area contributed by atoms with Crippen molar-refractivity contribution in [2.24, 2.45) is 0 Å². The van der Waals surface area contributed by atoms with Crippen LogP contribution in [-0.4, -0.2) is 43.3 Å². The lowest BCUT2D eigenvalue weighted by Gasteiger charge is -2.34. The van der Waals surface area contributed by atoms with E-state index in [4.69, 9.17) is 9.47 Å². The molecule has 2 unspecified atom stereocenters. The highest BCUT2D eigenvalue weighted by Crippen LogP contribution is 2.12. The number of amides is 2. The predicted molar refractivity (Wildman–Crippen MR) is 82.1 cm³/mol. The fraction of sp³-hybridized carbons (Fsp3) is 0.438.